The van der Waals surface area contributed by atoms with Crippen LogP contribution in [0.3, 0.4) is 0 Å². The predicted molar refractivity (Wildman–Crippen MR) is 134 cm³/mol. The minimum absolute atomic E-state index is 0.143. The molecule has 7 nitrogen and oxygen atoms in total. The fourth-order valence-electron chi connectivity index (χ4n) is 5.75. The van der Waals surface area contributed by atoms with Crippen LogP contribution in [0.15, 0.2) is 59.0 Å². The molecule has 1 fully saturated rings. The lowest BCUT2D eigenvalue weighted by Gasteiger charge is -2.44. The van der Waals surface area contributed by atoms with Gasteiger partial charge in [-0.05, 0) is 61.9 Å². The first kappa shape index (κ1) is 23.6. The summed E-state index contributed by atoms with van der Waals surface area (Å²) in [6, 6.07) is 12.2. The summed E-state index contributed by atoms with van der Waals surface area (Å²) in [5, 5.41) is 10.3. The summed E-state index contributed by atoms with van der Waals surface area (Å²) in [4.78, 5) is 14.1. The lowest BCUT2D eigenvalue weighted by atomic mass is 9.81. The average molecular weight is 495 g/mol. The fourth-order valence-corrected chi connectivity index (χ4v) is 7.34. The van der Waals surface area contributed by atoms with Crippen molar-refractivity contribution in [2.75, 3.05) is 20.2 Å². The standard InChI is InChI=1S/C27H30N2O5S/c1-4-18-16-28-13-12-21-26-22(6-5-7-24(26)34-3)29(27(21)23(28)14-19(18)15-25(30)31)35(32,33)20-10-8-17(2)9-11-20/h5-11,15,18,23H,4,12-14,16H2,1-3H3,(H,30,31)/t18-,23+/m1/s1. The zero-order valence-electron chi connectivity index (χ0n) is 20.2. The molecule has 8 heteroatoms. The van der Waals surface area contributed by atoms with Crippen molar-refractivity contribution in [3.63, 3.8) is 0 Å². The van der Waals surface area contributed by atoms with Crippen LogP contribution in [0.5, 0.6) is 5.75 Å². The number of carboxylic acids is 1. The van der Waals surface area contributed by atoms with Gasteiger partial charge in [0.25, 0.3) is 10.0 Å². The molecule has 5 rings (SSSR count). The Bertz CT molecular complexity index is 1440. The molecule has 0 radical (unpaired) electrons. The van der Waals surface area contributed by atoms with E-state index in [1.807, 2.05) is 25.1 Å². The number of aliphatic carboxylic acids is 1. The molecule has 184 valence electrons. The Morgan fingerprint density at radius 3 is 2.60 bits per heavy atom. The van der Waals surface area contributed by atoms with Crippen molar-refractivity contribution in [3.05, 3.63) is 70.9 Å². The van der Waals surface area contributed by atoms with Crippen LogP contribution in [0, 0.1) is 12.8 Å². The molecule has 0 amide bonds. The second-order valence-corrected chi connectivity index (χ2v) is 11.2. The molecule has 2 aliphatic heterocycles. The number of hydrogen-bond acceptors (Lipinski definition) is 5. The lowest BCUT2D eigenvalue weighted by molar-refractivity contribution is -0.131. The van der Waals surface area contributed by atoms with Crippen molar-refractivity contribution >= 4 is 26.9 Å². The predicted octanol–water partition coefficient (Wildman–Crippen LogP) is 4.54. The van der Waals surface area contributed by atoms with E-state index in [4.69, 9.17) is 4.74 Å². The number of nitrogens with zero attached hydrogens (tertiary/aromatic N) is 2. The van der Waals surface area contributed by atoms with E-state index in [0.29, 0.717) is 30.7 Å². The topological polar surface area (TPSA) is 88.8 Å². The molecule has 2 aromatic carbocycles. The Kier molecular flexibility index (Phi) is 5.97. The normalized spacial score (nSPS) is 21.6. The molecule has 0 spiro atoms. The van der Waals surface area contributed by atoms with E-state index < -0.39 is 16.0 Å². The summed E-state index contributed by atoms with van der Waals surface area (Å²) in [5.41, 5.74) is 4.14. The summed E-state index contributed by atoms with van der Waals surface area (Å²) in [6.07, 6.45) is 3.35. The van der Waals surface area contributed by atoms with E-state index in [1.165, 1.54) is 10.0 Å². The molecule has 0 bridgehead atoms. The van der Waals surface area contributed by atoms with Gasteiger partial charge in [-0.1, -0.05) is 36.3 Å². The highest BCUT2D eigenvalue weighted by Gasteiger charge is 2.41. The zero-order chi connectivity index (χ0) is 24.9. The van der Waals surface area contributed by atoms with Crippen LogP contribution in [0.2, 0.25) is 0 Å². The Balaban J connectivity index is 1.79. The number of carboxylic acid groups (broad SMARTS) is 1. The molecular formula is C27H30N2O5S. The minimum Gasteiger partial charge on any atom is -0.496 e. The van der Waals surface area contributed by atoms with Gasteiger partial charge in [-0.3, -0.25) is 4.90 Å². The van der Waals surface area contributed by atoms with Gasteiger partial charge in [0, 0.05) is 24.6 Å². The third-order valence-electron chi connectivity index (χ3n) is 7.45. The summed E-state index contributed by atoms with van der Waals surface area (Å²) in [5.74, 6) is -0.170. The van der Waals surface area contributed by atoms with Crippen LogP contribution in [-0.4, -0.2) is 48.6 Å². The quantitative estimate of drug-likeness (QED) is 0.524. The molecule has 3 aromatic rings. The number of aromatic nitrogens is 1. The summed E-state index contributed by atoms with van der Waals surface area (Å²) in [7, 11) is -2.32. The Morgan fingerprint density at radius 2 is 1.94 bits per heavy atom. The molecule has 0 aliphatic carbocycles. The van der Waals surface area contributed by atoms with E-state index in [0.717, 1.165) is 40.7 Å². The first-order chi connectivity index (χ1) is 16.8. The van der Waals surface area contributed by atoms with Crippen molar-refractivity contribution in [2.45, 2.75) is 44.0 Å². The van der Waals surface area contributed by atoms with Gasteiger partial charge in [0.15, 0.2) is 0 Å². The first-order valence-electron chi connectivity index (χ1n) is 12.0. The number of rotatable bonds is 5. The molecule has 1 N–H and O–H groups in total. The summed E-state index contributed by atoms with van der Waals surface area (Å²) in [6.45, 7) is 5.49. The van der Waals surface area contributed by atoms with Gasteiger partial charge < -0.3 is 9.84 Å². The Labute approximate surface area is 205 Å². The average Bonchev–Trinajstić information content (AvgIpc) is 3.19. The van der Waals surface area contributed by atoms with Gasteiger partial charge in [-0.2, -0.15) is 0 Å². The monoisotopic (exact) mass is 494 g/mol. The number of methoxy groups -OCH3 is 1. The van der Waals surface area contributed by atoms with Crippen LogP contribution >= 0.6 is 0 Å². The molecule has 3 heterocycles. The molecule has 2 atom stereocenters. The number of piperidine rings is 1. The van der Waals surface area contributed by atoms with Gasteiger partial charge in [-0.25, -0.2) is 17.2 Å². The maximum Gasteiger partial charge on any atom is 0.328 e. The van der Waals surface area contributed by atoms with Crippen molar-refractivity contribution in [1.29, 1.82) is 0 Å². The Hall–Kier alpha value is -3.10. The van der Waals surface area contributed by atoms with Crippen LogP contribution in [0.4, 0.5) is 0 Å². The lowest BCUT2D eigenvalue weighted by Crippen LogP contribution is -2.44. The van der Waals surface area contributed by atoms with E-state index >= 15 is 0 Å². The number of hydrogen-bond donors (Lipinski definition) is 1. The van der Waals surface area contributed by atoms with Crippen molar-refractivity contribution in [1.82, 2.24) is 8.87 Å². The molecule has 1 aromatic heterocycles. The highest BCUT2D eigenvalue weighted by atomic mass is 32.2. The van der Waals surface area contributed by atoms with Crippen molar-refractivity contribution < 1.29 is 23.1 Å². The molecule has 1 saturated heterocycles. The molecule has 2 aliphatic rings. The second kappa shape index (κ2) is 8.84. The SMILES string of the molecule is CC[C@@H]1CN2CCc3c(n(S(=O)(=O)c4ccc(C)cc4)c4cccc(OC)c34)[C@@H]2CC1=CC(=O)O. The Morgan fingerprint density at radius 1 is 1.20 bits per heavy atom. The van der Waals surface area contributed by atoms with E-state index in [2.05, 4.69) is 11.8 Å². The van der Waals surface area contributed by atoms with E-state index in [-0.39, 0.29) is 16.9 Å². The number of fused-ring (bicyclic) bond motifs is 5. The zero-order valence-corrected chi connectivity index (χ0v) is 21.0. The van der Waals surface area contributed by atoms with Crippen molar-refractivity contribution in [2.24, 2.45) is 5.92 Å². The minimum atomic E-state index is -3.92. The van der Waals surface area contributed by atoms with Crippen LogP contribution < -0.4 is 4.74 Å². The van der Waals surface area contributed by atoms with Crippen LogP contribution in [0.1, 0.15) is 42.6 Å². The van der Waals surface area contributed by atoms with Gasteiger partial charge in [0.05, 0.1) is 29.3 Å². The van der Waals surface area contributed by atoms with Gasteiger partial charge >= 0.3 is 5.97 Å². The van der Waals surface area contributed by atoms with Gasteiger partial charge in [0.1, 0.15) is 5.75 Å². The molecular weight excluding hydrogens is 464 g/mol. The molecule has 0 saturated carbocycles. The third-order valence-corrected chi connectivity index (χ3v) is 9.19. The molecule has 35 heavy (non-hydrogen) atoms. The first-order valence-corrected chi connectivity index (χ1v) is 13.4. The molecule has 0 unspecified atom stereocenters. The van der Waals surface area contributed by atoms with Crippen LogP contribution in [-0.2, 0) is 21.2 Å². The number of aryl methyl sites for hydroxylation is 1. The highest BCUT2D eigenvalue weighted by Crippen LogP contribution is 2.47. The van der Waals surface area contributed by atoms with E-state index in [1.54, 1.807) is 31.4 Å². The fraction of sp³-hybridized carbons (Fsp3) is 0.370. The largest absolute Gasteiger partial charge is 0.496 e. The third kappa shape index (κ3) is 3.85. The number of ether oxygens (including phenoxy) is 1. The van der Waals surface area contributed by atoms with Gasteiger partial charge in [-0.15, -0.1) is 0 Å². The van der Waals surface area contributed by atoms with Crippen molar-refractivity contribution in [3.8, 4) is 5.75 Å². The maximum atomic E-state index is 14.1. The summed E-state index contributed by atoms with van der Waals surface area (Å²) >= 11 is 0. The highest BCUT2D eigenvalue weighted by molar-refractivity contribution is 7.90. The van der Waals surface area contributed by atoms with Crippen LogP contribution in [0.25, 0.3) is 10.9 Å². The van der Waals surface area contributed by atoms with Gasteiger partial charge in [0.2, 0.25) is 0 Å². The maximum absolute atomic E-state index is 14.1. The van der Waals surface area contributed by atoms with E-state index in [9.17, 15) is 18.3 Å². The number of carbonyl (C=O) groups is 1. The smallest absolute Gasteiger partial charge is 0.328 e. The second-order valence-electron chi connectivity index (χ2n) is 9.43. The summed E-state index contributed by atoms with van der Waals surface area (Å²) < 4.78 is 35.4. The number of benzene rings is 2.